The second-order valence-electron chi connectivity index (χ2n) is 6.55. The minimum absolute atomic E-state index is 0. The Labute approximate surface area is 233 Å². The Morgan fingerprint density at radius 2 is 0.757 bits per heavy atom. The zero-order valence-electron chi connectivity index (χ0n) is 16.6. The predicted molar refractivity (Wildman–Crippen MR) is 69.9 cm³/mol. The average molecular weight is 648 g/mol. The third-order valence-electron chi connectivity index (χ3n) is 4.12. The van der Waals surface area contributed by atoms with Crippen molar-refractivity contribution < 1.29 is 152 Å². The molecule has 0 aliphatic heterocycles. The molecule has 0 saturated carbocycles. The SMILES string of the molecule is O=S(=O)([O-])C(F)C(F)(F)C(F)(F)C(F)(F)C(F)(F)C(F)(F)C(F)(F)C(F)(F)C(F)C(F)C(F)C(F)F.[K+]. The predicted octanol–water partition coefficient (Wildman–Crippen LogP) is 2.56. The molecule has 0 fully saturated rings. The van der Waals surface area contributed by atoms with E-state index in [9.17, 15) is 101 Å². The van der Waals surface area contributed by atoms with E-state index in [2.05, 4.69) is 0 Å². The Balaban J connectivity index is 0. The van der Waals surface area contributed by atoms with Crippen molar-refractivity contribution in [3.63, 3.8) is 0 Å². The van der Waals surface area contributed by atoms with Gasteiger partial charge in [-0.25, -0.2) is 34.8 Å². The summed E-state index contributed by atoms with van der Waals surface area (Å²) in [5.41, 5.74) is -6.18. The van der Waals surface area contributed by atoms with Crippen LogP contribution in [0.3, 0.4) is 0 Å². The molecule has 0 spiro atoms. The molecule has 0 aliphatic carbocycles. The number of alkyl halides is 20. The van der Waals surface area contributed by atoms with E-state index >= 15 is 0 Å². The molecule has 4 unspecified atom stereocenters. The summed E-state index contributed by atoms with van der Waals surface area (Å²) >= 11 is 0. The molecule has 0 saturated heterocycles. The quantitative estimate of drug-likeness (QED) is 0.186. The fraction of sp³-hybridized carbons (Fsp3) is 1.00. The van der Waals surface area contributed by atoms with Crippen LogP contribution >= 0.6 is 0 Å². The zero-order chi connectivity index (χ0) is 29.9. The van der Waals surface area contributed by atoms with Crippen LogP contribution in [0.25, 0.3) is 0 Å². The number of hydrogen-bond acceptors (Lipinski definition) is 3. The van der Waals surface area contributed by atoms with Crippen LogP contribution in [0.15, 0.2) is 0 Å². The molecule has 0 aromatic rings. The first kappa shape index (κ1) is 39.3. The van der Waals surface area contributed by atoms with E-state index in [1.165, 1.54) is 0 Å². The first-order valence-corrected chi connectivity index (χ1v) is 9.24. The van der Waals surface area contributed by atoms with E-state index in [0.717, 1.165) is 0 Å². The molecule has 0 aromatic heterocycles. The molecular formula is C12H5F20KO3S. The van der Waals surface area contributed by atoms with E-state index in [1.807, 2.05) is 0 Å². The maximum absolute atomic E-state index is 13.5. The van der Waals surface area contributed by atoms with Crippen LogP contribution in [-0.4, -0.2) is 84.9 Å². The van der Waals surface area contributed by atoms with Crippen molar-refractivity contribution in [2.45, 2.75) is 71.9 Å². The zero-order valence-corrected chi connectivity index (χ0v) is 20.5. The molecule has 37 heavy (non-hydrogen) atoms. The van der Waals surface area contributed by atoms with Crippen LogP contribution < -0.4 is 51.4 Å². The molecule has 0 amide bonds. The first-order valence-electron chi connectivity index (χ1n) is 7.77. The normalized spacial score (nSPS) is 18.8. The van der Waals surface area contributed by atoms with Crippen molar-refractivity contribution in [1.82, 2.24) is 0 Å². The smallest absolute Gasteiger partial charge is 0.746 e. The van der Waals surface area contributed by atoms with Gasteiger partial charge in [0.05, 0.1) is 0 Å². The Morgan fingerprint density at radius 1 is 0.486 bits per heavy atom. The van der Waals surface area contributed by atoms with Crippen molar-refractivity contribution in [3.05, 3.63) is 0 Å². The Hall–Kier alpha value is 0.146. The maximum Gasteiger partial charge on any atom is 1.00 e. The van der Waals surface area contributed by atoms with E-state index in [-0.39, 0.29) is 51.4 Å². The summed E-state index contributed by atoms with van der Waals surface area (Å²) < 4.78 is 292. The van der Waals surface area contributed by atoms with Gasteiger partial charge in [-0.05, 0) is 0 Å². The standard InChI is InChI=1S/C12H6F20O3S.K/c13-1(2(14)4(16)17)3(15)6(19,20)8(23,24)10(27,28)12(31,32)11(29,30)9(25,26)7(21,22)5(18)36(33,34)35;/h1-5H,(H,33,34,35);/q;+1/p-1. The minimum atomic E-state index is -9.03. The van der Waals surface area contributed by atoms with Gasteiger partial charge in [-0.1, -0.05) is 0 Å². The first-order chi connectivity index (χ1) is 15.3. The van der Waals surface area contributed by atoms with Gasteiger partial charge in [0.2, 0.25) is 6.17 Å². The van der Waals surface area contributed by atoms with Gasteiger partial charge in [-0.2, -0.15) is 61.5 Å². The van der Waals surface area contributed by atoms with Crippen LogP contribution in [0.4, 0.5) is 87.8 Å². The summed E-state index contributed by atoms with van der Waals surface area (Å²) in [7, 11) is -7.54. The summed E-state index contributed by atoms with van der Waals surface area (Å²) in [6.07, 6.45) is -21.1. The van der Waals surface area contributed by atoms with Crippen molar-refractivity contribution in [2.24, 2.45) is 0 Å². The largest absolute Gasteiger partial charge is 1.00 e. The molecule has 0 bridgehead atoms. The Kier molecular flexibility index (Phi) is 11.9. The fourth-order valence-electron chi connectivity index (χ4n) is 2.01. The van der Waals surface area contributed by atoms with Crippen LogP contribution in [0.5, 0.6) is 0 Å². The molecule has 0 aliphatic rings. The molecule has 0 radical (unpaired) electrons. The summed E-state index contributed by atoms with van der Waals surface area (Å²) in [6.45, 7) is 0. The molecule has 0 heterocycles. The van der Waals surface area contributed by atoms with E-state index in [1.54, 1.807) is 0 Å². The van der Waals surface area contributed by atoms with Crippen molar-refractivity contribution >= 4 is 10.1 Å². The summed E-state index contributed by atoms with van der Waals surface area (Å²) in [5, 5.41) is 0. The molecule has 3 nitrogen and oxygen atoms in total. The van der Waals surface area contributed by atoms with Gasteiger partial charge >= 0.3 is 92.8 Å². The Morgan fingerprint density at radius 3 is 1.03 bits per heavy atom. The van der Waals surface area contributed by atoms with Crippen molar-refractivity contribution in [1.29, 1.82) is 0 Å². The van der Waals surface area contributed by atoms with Crippen molar-refractivity contribution in [3.8, 4) is 0 Å². The van der Waals surface area contributed by atoms with Crippen LogP contribution in [0.1, 0.15) is 0 Å². The third kappa shape index (κ3) is 5.95. The topological polar surface area (TPSA) is 57.2 Å². The van der Waals surface area contributed by atoms with Crippen LogP contribution in [-0.2, 0) is 10.1 Å². The molecule has 218 valence electrons. The monoisotopic (exact) mass is 648 g/mol. The molecule has 25 heteroatoms. The number of hydrogen-bond donors (Lipinski definition) is 0. The van der Waals surface area contributed by atoms with Gasteiger partial charge in [-0.15, -0.1) is 0 Å². The van der Waals surface area contributed by atoms with E-state index in [0.29, 0.717) is 0 Å². The van der Waals surface area contributed by atoms with E-state index < -0.39 is 82.0 Å². The van der Waals surface area contributed by atoms with Gasteiger partial charge in [0.1, 0.15) is 10.1 Å². The van der Waals surface area contributed by atoms with Gasteiger partial charge in [0.15, 0.2) is 12.3 Å². The molecular weight excluding hydrogens is 643 g/mol. The number of halogens is 20. The maximum atomic E-state index is 13.5. The number of rotatable bonds is 12. The van der Waals surface area contributed by atoms with Crippen LogP contribution in [0, 0.1) is 0 Å². The summed E-state index contributed by atoms with van der Waals surface area (Å²) in [5.74, 6) is -60.2. The van der Waals surface area contributed by atoms with Gasteiger partial charge in [-0.3, -0.25) is 0 Å². The van der Waals surface area contributed by atoms with E-state index in [4.69, 9.17) is 0 Å². The van der Waals surface area contributed by atoms with Gasteiger partial charge < -0.3 is 4.55 Å². The molecule has 0 aromatic carbocycles. The molecule has 0 rings (SSSR count). The second kappa shape index (κ2) is 11.2. The third-order valence-corrected chi connectivity index (χ3v) is 4.93. The van der Waals surface area contributed by atoms with Gasteiger partial charge in [0, 0.05) is 0 Å². The Bertz CT molecular complexity index is 891. The molecule has 4 atom stereocenters. The average Bonchev–Trinajstić information content (AvgIpc) is 2.69. The minimum Gasteiger partial charge on any atom is -0.746 e. The summed E-state index contributed by atoms with van der Waals surface area (Å²) in [6, 6.07) is 0. The molecule has 0 N–H and O–H groups in total. The second-order valence-corrected chi connectivity index (χ2v) is 7.95. The fourth-order valence-corrected chi connectivity index (χ4v) is 2.52. The van der Waals surface area contributed by atoms with Gasteiger partial charge in [0.25, 0.3) is 11.9 Å². The van der Waals surface area contributed by atoms with Crippen LogP contribution in [0.2, 0.25) is 0 Å². The van der Waals surface area contributed by atoms with Crippen molar-refractivity contribution in [2.75, 3.05) is 0 Å². The summed E-state index contributed by atoms with van der Waals surface area (Å²) in [4.78, 5) is 0.